The lowest BCUT2D eigenvalue weighted by molar-refractivity contribution is -0.0873. The average molecular weight is 258 g/mol. The molecule has 0 amide bonds. The Morgan fingerprint density at radius 1 is 1.17 bits per heavy atom. The number of piperidine rings is 1. The molecule has 4 atom stereocenters. The van der Waals surface area contributed by atoms with Gasteiger partial charge in [-0.15, -0.1) is 0 Å². The Kier molecular flexibility index (Phi) is 4.98. The van der Waals surface area contributed by atoms with Crippen LogP contribution in [0.1, 0.15) is 26.2 Å². The van der Waals surface area contributed by atoms with Crippen LogP contribution in [0.2, 0.25) is 0 Å². The van der Waals surface area contributed by atoms with Gasteiger partial charge in [0.2, 0.25) is 0 Å². The van der Waals surface area contributed by atoms with Gasteiger partial charge in [-0.3, -0.25) is 9.80 Å². The van der Waals surface area contributed by atoms with Gasteiger partial charge in [0.15, 0.2) is 0 Å². The Hall–Kier alpha value is -0.200. The van der Waals surface area contributed by atoms with Crippen molar-refractivity contribution in [2.45, 2.75) is 50.5 Å². The maximum absolute atomic E-state index is 10.1. The number of aliphatic hydroxyl groups excluding tert-OH is 3. The van der Waals surface area contributed by atoms with Crippen molar-refractivity contribution in [1.29, 1.82) is 0 Å². The van der Waals surface area contributed by atoms with Crippen molar-refractivity contribution < 1.29 is 15.3 Å². The molecule has 2 rings (SSSR count). The fraction of sp³-hybridized carbons (Fsp3) is 1.00. The quantitative estimate of drug-likeness (QED) is 0.620. The number of likely N-dealkylation sites (tertiary alicyclic amines) is 2. The number of hydrogen-bond donors (Lipinski definition) is 3. The smallest absolute Gasteiger partial charge is 0.0978 e. The monoisotopic (exact) mass is 258 g/mol. The van der Waals surface area contributed by atoms with Crippen molar-refractivity contribution >= 4 is 0 Å². The Bertz CT molecular complexity index is 255. The second kappa shape index (κ2) is 6.30. The van der Waals surface area contributed by atoms with Crippen LogP contribution in [-0.4, -0.2) is 82.2 Å². The minimum absolute atomic E-state index is 0.0465. The highest BCUT2D eigenvalue weighted by Crippen LogP contribution is 2.21. The van der Waals surface area contributed by atoms with Crippen molar-refractivity contribution in [3.8, 4) is 0 Å². The van der Waals surface area contributed by atoms with Gasteiger partial charge in [0.25, 0.3) is 0 Å². The summed E-state index contributed by atoms with van der Waals surface area (Å²) < 4.78 is 0. The summed E-state index contributed by atoms with van der Waals surface area (Å²) in [5, 5.41) is 29.4. The van der Waals surface area contributed by atoms with E-state index in [1.165, 1.54) is 12.8 Å². The van der Waals surface area contributed by atoms with Crippen LogP contribution in [0.25, 0.3) is 0 Å². The summed E-state index contributed by atoms with van der Waals surface area (Å²) in [7, 11) is 0. The topological polar surface area (TPSA) is 67.2 Å². The average Bonchev–Trinajstić information content (AvgIpc) is 2.84. The van der Waals surface area contributed by atoms with Gasteiger partial charge in [-0.05, 0) is 39.3 Å². The molecule has 2 saturated heterocycles. The zero-order chi connectivity index (χ0) is 13.1. The Labute approximate surface area is 109 Å². The molecule has 5 heteroatoms. The standard InChI is InChI=1S/C13H26N2O3/c1-10(16)4-7-14-8-11(13(18)12(17)9-14)15-5-2-3-6-15/h10-13,16-18H,2-9H2,1H3/t10-,11+,12-,13-/m1/s1. The van der Waals surface area contributed by atoms with Crippen molar-refractivity contribution in [2.75, 3.05) is 32.7 Å². The molecule has 2 heterocycles. The van der Waals surface area contributed by atoms with E-state index < -0.39 is 12.2 Å². The zero-order valence-electron chi connectivity index (χ0n) is 11.2. The Morgan fingerprint density at radius 3 is 2.44 bits per heavy atom. The minimum atomic E-state index is -0.668. The molecule has 2 aliphatic heterocycles. The first-order valence-corrected chi connectivity index (χ1v) is 7.08. The second-order valence-electron chi connectivity index (χ2n) is 5.77. The number of aliphatic hydroxyl groups is 3. The van der Waals surface area contributed by atoms with Gasteiger partial charge in [0, 0.05) is 19.6 Å². The molecule has 5 nitrogen and oxygen atoms in total. The van der Waals surface area contributed by atoms with Crippen LogP contribution >= 0.6 is 0 Å². The fourth-order valence-corrected chi connectivity index (χ4v) is 3.03. The fourth-order valence-electron chi connectivity index (χ4n) is 3.03. The van der Waals surface area contributed by atoms with Gasteiger partial charge >= 0.3 is 0 Å². The molecule has 18 heavy (non-hydrogen) atoms. The highest BCUT2D eigenvalue weighted by Gasteiger charge is 2.38. The summed E-state index contributed by atoms with van der Waals surface area (Å²) in [4.78, 5) is 4.45. The van der Waals surface area contributed by atoms with Crippen molar-refractivity contribution in [1.82, 2.24) is 9.80 Å². The van der Waals surface area contributed by atoms with E-state index in [-0.39, 0.29) is 12.1 Å². The Morgan fingerprint density at radius 2 is 1.83 bits per heavy atom. The lowest BCUT2D eigenvalue weighted by atomic mass is 9.98. The maximum Gasteiger partial charge on any atom is 0.0978 e. The summed E-state index contributed by atoms with van der Waals surface area (Å²) in [6, 6.07) is 0.0465. The molecular formula is C13H26N2O3. The largest absolute Gasteiger partial charge is 0.393 e. The van der Waals surface area contributed by atoms with Crippen LogP contribution in [-0.2, 0) is 0 Å². The number of β-amino-alcohol motifs (C(OH)–C–C–N with tert-alkyl or cyclic N) is 1. The first-order valence-electron chi connectivity index (χ1n) is 7.08. The number of nitrogens with zero attached hydrogens (tertiary/aromatic N) is 2. The van der Waals surface area contributed by atoms with Gasteiger partial charge in [-0.1, -0.05) is 0 Å². The number of hydrogen-bond acceptors (Lipinski definition) is 5. The minimum Gasteiger partial charge on any atom is -0.393 e. The molecule has 0 aromatic rings. The van der Waals surface area contributed by atoms with Crippen molar-refractivity contribution in [3.05, 3.63) is 0 Å². The van der Waals surface area contributed by atoms with E-state index in [1.807, 2.05) is 0 Å². The highest BCUT2D eigenvalue weighted by atomic mass is 16.3. The van der Waals surface area contributed by atoms with E-state index in [4.69, 9.17) is 0 Å². The molecule has 2 fully saturated rings. The summed E-state index contributed by atoms with van der Waals surface area (Å²) in [5.41, 5.74) is 0. The van der Waals surface area contributed by atoms with Gasteiger partial charge in [-0.25, -0.2) is 0 Å². The lowest BCUT2D eigenvalue weighted by Crippen LogP contribution is -2.61. The van der Waals surface area contributed by atoms with E-state index in [2.05, 4.69) is 9.80 Å². The van der Waals surface area contributed by atoms with Gasteiger partial charge in [-0.2, -0.15) is 0 Å². The predicted molar refractivity (Wildman–Crippen MR) is 69.3 cm³/mol. The van der Waals surface area contributed by atoms with Crippen molar-refractivity contribution in [3.63, 3.8) is 0 Å². The summed E-state index contributed by atoms with van der Waals surface area (Å²) >= 11 is 0. The first kappa shape index (κ1) is 14.2. The van der Waals surface area contributed by atoms with E-state index in [9.17, 15) is 15.3 Å². The third-order valence-corrected chi connectivity index (χ3v) is 4.15. The maximum atomic E-state index is 10.1. The molecule has 0 unspecified atom stereocenters. The Balaban J connectivity index is 1.91. The van der Waals surface area contributed by atoms with E-state index in [1.54, 1.807) is 6.92 Å². The predicted octanol–water partition coefficient (Wildman–Crippen LogP) is -0.741. The van der Waals surface area contributed by atoms with Crippen molar-refractivity contribution in [2.24, 2.45) is 0 Å². The molecule has 106 valence electrons. The molecule has 0 aromatic carbocycles. The van der Waals surface area contributed by atoms with E-state index in [0.717, 1.165) is 32.6 Å². The molecule has 0 saturated carbocycles. The molecule has 0 spiro atoms. The van der Waals surface area contributed by atoms with Crippen LogP contribution in [0.5, 0.6) is 0 Å². The van der Waals surface area contributed by atoms with E-state index >= 15 is 0 Å². The highest BCUT2D eigenvalue weighted by molar-refractivity contribution is 4.93. The SMILES string of the molecule is C[C@@H](O)CCN1C[C@@H](O)[C@H](O)[C@@H](N2CCCC2)C1. The zero-order valence-corrected chi connectivity index (χ0v) is 11.2. The molecule has 2 aliphatic rings. The van der Waals surface area contributed by atoms with Crippen LogP contribution < -0.4 is 0 Å². The molecule has 0 bridgehead atoms. The lowest BCUT2D eigenvalue weighted by Gasteiger charge is -2.43. The first-order chi connectivity index (χ1) is 8.58. The van der Waals surface area contributed by atoms with E-state index in [0.29, 0.717) is 6.54 Å². The molecular weight excluding hydrogens is 232 g/mol. The second-order valence-corrected chi connectivity index (χ2v) is 5.77. The molecule has 0 aliphatic carbocycles. The third-order valence-electron chi connectivity index (χ3n) is 4.15. The van der Waals surface area contributed by atoms with Crippen LogP contribution in [0.4, 0.5) is 0 Å². The normalized spacial score (nSPS) is 37.0. The molecule has 0 aromatic heterocycles. The molecule has 3 N–H and O–H groups in total. The van der Waals surface area contributed by atoms with Gasteiger partial charge in [0.1, 0.15) is 0 Å². The summed E-state index contributed by atoms with van der Waals surface area (Å²) in [6.45, 7) is 5.93. The third kappa shape index (κ3) is 3.42. The summed E-state index contributed by atoms with van der Waals surface area (Å²) in [6.07, 6.45) is 1.48. The van der Waals surface area contributed by atoms with Crippen LogP contribution in [0.15, 0.2) is 0 Å². The van der Waals surface area contributed by atoms with Gasteiger partial charge < -0.3 is 15.3 Å². The molecule has 0 radical (unpaired) electrons. The van der Waals surface area contributed by atoms with Gasteiger partial charge in [0.05, 0.1) is 24.4 Å². The van der Waals surface area contributed by atoms with Crippen LogP contribution in [0, 0.1) is 0 Å². The number of rotatable bonds is 4. The van der Waals surface area contributed by atoms with Crippen LogP contribution in [0.3, 0.4) is 0 Å². The summed E-state index contributed by atoms with van der Waals surface area (Å²) in [5.74, 6) is 0.